The van der Waals surface area contributed by atoms with Crippen LogP contribution in [0, 0.1) is 6.07 Å². The van der Waals surface area contributed by atoms with Gasteiger partial charge in [-0.2, -0.15) is 40.5 Å². The molecule has 0 saturated carbocycles. The summed E-state index contributed by atoms with van der Waals surface area (Å²) in [7, 11) is 0. The zero-order valence-corrected chi connectivity index (χ0v) is 10.5. The first-order chi connectivity index (χ1) is 5.97. The van der Waals surface area contributed by atoms with Gasteiger partial charge in [0.1, 0.15) is 0 Å². The Balaban J connectivity index is 0.000000845. The van der Waals surface area contributed by atoms with Crippen LogP contribution in [0.3, 0.4) is 0 Å². The van der Waals surface area contributed by atoms with E-state index in [0.717, 1.165) is 11.3 Å². The average molecular weight is 259 g/mol. The van der Waals surface area contributed by atoms with Gasteiger partial charge in [-0.15, -0.1) is 5.56 Å². The maximum Gasteiger partial charge on any atom is 2.00 e. The first-order valence-corrected chi connectivity index (χ1v) is 3.71. The Labute approximate surface area is 110 Å². The van der Waals surface area contributed by atoms with E-state index in [1.54, 1.807) is 6.20 Å². The molecule has 0 atom stereocenters. The number of hydrogen-bond donors (Lipinski definition) is 0. The van der Waals surface area contributed by atoms with Crippen LogP contribution in [0.25, 0.3) is 11.3 Å². The Morgan fingerprint density at radius 1 is 1.07 bits per heavy atom. The minimum absolute atomic E-state index is 0. The van der Waals surface area contributed by atoms with Gasteiger partial charge in [-0.1, -0.05) is 0 Å². The molecule has 1 aromatic heterocycles. The summed E-state index contributed by atoms with van der Waals surface area (Å²) in [6, 6.07) is 14.4. The maximum absolute atomic E-state index is 3.99. The van der Waals surface area contributed by atoms with Gasteiger partial charge in [-0.3, -0.25) is 0 Å². The zero-order valence-electron chi connectivity index (χ0n) is 7.52. The standard InChI is InChI=1S/C10H7N2.BrH.Mg/c1-2-5-9(6-3-1)10-7-4-8-11-12-10;;/h2-8H;1H;/q-1;;+2/p-1. The quantitative estimate of drug-likeness (QED) is 0.463. The molecule has 0 bridgehead atoms. The minimum atomic E-state index is 0. The summed E-state index contributed by atoms with van der Waals surface area (Å²) >= 11 is 0. The van der Waals surface area contributed by atoms with Gasteiger partial charge in [0.15, 0.2) is 0 Å². The number of nitrogens with zero attached hydrogens (tertiary/aromatic N) is 2. The molecule has 0 radical (unpaired) electrons. The monoisotopic (exact) mass is 258 g/mol. The Kier molecular flexibility index (Phi) is 6.70. The molecule has 2 rings (SSSR count). The topological polar surface area (TPSA) is 25.8 Å². The van der Waals surface area contributed by atoms with Crippen LogP contribution in [0.1, 0.15) is 0 Å². The molecule has 0 saturated heterocycles. The fourth-order valence-electron chi connectivity index (χ4n) is 1.01. The fraction of sp³-hybridized carbons (Fsp3) is 0. The van der Waals surface area contributed by atoms with Crippen molar-refractivity contribution in [3.63, 3.8) is 0 Å². The molecule has 2 aromatic rings. The third-order valence-corrected chi connectivity index (χ3v) is 1.59. The van der Waals surface area contributed by atoms with E-state index in [-0.39, 0.29) is 40.0 Å². The van der Waals surface area contributed by atoms with Crippen molar-refractivity contribution in [1.29, 1.82) is 0 Å². The molecular formula is C10H7BrMgN2. The van der Waals surface area contributed by atoms with Crippen molar-refractivity contribution in [2.24, 2.45) is 0 Å². The molecule has 0 unspecified atom stereocenters. The molecule has 66 valence electrons. The summed E-state index contributed by atoms with van der Waals surface area (Å²) in [6.07, 6.45) is 1.67. The van der Waals surface area contributed by atoms with Gasteiger partial charge in [0, 0.05) is 6.20 Å². The van der Waals surface area contributed by atoms with Gasteiger partial charge < -0.3 is 17.0 Å². The molecular weight excluding hydrogens is 252 g/mol. The second-order valence-electron chi connectivity index (χ2n) is 2.40. The van der Waals surface area contributed by atoms with E-state index in [0.29, 0.717) is 0 Å². The summed E-state index contributed by atoms with van der Waals surface area (Å²) < 4.78 is 0. The molecule has 0 aliphatic rings. The van der Waals surface area contributed by atoms with E-state index in [1.165, 1.54) is 0 Å². The number of benzene rings is 1. The van der Waals surface area contributed by atoms with Crippen molar-refractivity contribution < 1.29 is 17.0 Å². The first kappa shape index (κ1) is 13.5. The van der Waals surface area contributed by atoms with E-state index in [2.05, 4.69) is 16.3 Å². The van der Waals surface area contributed by atoms with Crippen molar-refractivity contribution in [3.05, 3.63) is 48.7 Å². The van der Waals surface area contributed by atoms with Gasteiger partial charge >= 0.3 is 23.1 Å². The molecule has 2 nitrogen and oxygen atoms in total. The normalized spacial score (nSPS) is 8.29. The largest absolute Gasteiger partial charge is 2.00 e. The van der Waals surface area contributed by atoms with E-state index in [9.17, 15) is 0 Å². The summed E-state index contributed by atoms with van der Waals surface area (Å²) in [5.41, 5.74) is 1.97. The average Bonchev–Trinajstić information content (AvgIpc) is 2.21. The Morgan fingerprint density at radius 3 is 2.36 bits per heavy atom. The molecule has 0 spiro atoms. The van der Waals surface area contributed by atoms with Gasteiger partial charge in [0.25, 0.3) is 0 Å². The smallest absolute Gasteiger partial charge is 1.00 e. The predicted octanol–water partition coefficient (Wildman–Crippen LogP) is -1.43. The number of halogens is 1. The third-order valence-electron chi connectivity index (χ3n) is 1.59. The zero-order chi connectivity index (χ0) is 8.23. The van der Waals surface area contributed by atoms with Crippen LogP contribution < -0.4 is 17.0 Å². The molecule has 0 amide bonds. The summed E-state index contributed by atoms with van der Waals surface area (Å²) in [5.74, 6) is 0. The van der Waals surface area contributed by atoms with Gasteiger partial charge in [0.05, 0.1) is 5.69 Å². The van der Waals surface area contributed by atoms with Crippen LogP contribution in [-0.2, 0) is 0 Å². The molecule has 4 heteroatoms. The predicted molar refractivity (Wildman–Crippen MR) is 52.1 cm³/mol. The Morgan fingerprint density at radius 2 is 1.79 bits per heavy atom. The second kappa shape index (κ2) is 6.92. The van der Waals surface area contributed by atoms with Gasteiger partial charge in [-0.05, 0) is 12.1 Å². The molecule has 1 heterocycles. The van der Waals surface area contributed by atoms with Crippen molar-refractivity contribution in [2.75, 3.05) is 0 Å². The van der Waals surface area contributed by atoms with E-state index < -0.39 is 0 Å². The first-order valence-electron chi connectivity index (χ1n) is 3.71. The van der Waals surface area contributed by atoms with Crippen LogP contribution in [-0.4, -0.2) is 33.3 Å². The van der Waals surface area contributed by atoms with Crippen LogP contribution in [0.2, 0.25) is 0 Å². The van der Waals surface area contributed by atoms with Gasteiger partial charge in [0.2, 0.25) is 0 Å². The Bertz CT molecular complexity index is 316. The number of rotatable bonds is 1. The van der Waals surface area contributed by atoms with E-state index in [1.807, 2.05) is 36.4 Å². The summed E-state index contributed by atoms with van der Waals surface area (Å²) in [6.45, 7) is 0. The molecule has 14 heavy (non-hydrogen) atoms. The molecule has 1 aromatic carbocycles. The van der Waals surface area contributed by atoms with Crippen LogP contribution in [0.15, 0.2) is 42.6 Å². The fourth-order valence-corrected chi connectivity index (χ4v) is 1.01. The molecule has 0 aliphatic heterocycles. The van der Waals surface area contributed by atoms with Crippen molar-refractivity contribution >= 4 is 23.1 Å². The maximum atomic E-state index is 3.99. The Hall–Kier alpha value is -0.454. The van der Waals surface area contributed by atoms with Crippen molar-refractivity contribution in [1.82, 2.24) is 10.2 Å². The van der Waals surface area contributed by atoms with Gasteiger partial charge in [-0.25, -0.2) is 0 Å². The summed E-state index contributed by atoms with van der Waals surface area (Å²) in [5, 5.41) is 7.79. The number of aromatic nitrogens is 2. The van der Waals surface area contributed by atoms with Crippen molar-refractivity contribution in [3.8, 4) is 11.3 Å². The van der Waals surface area contributed by atoms with E-state index >= 15 is 0 Å². The molecule has 0 aliphatic carbocycles. The van der Waals surface area contributed by atoms with E-state index in [4.69, 9.17) is 0 Å². The minimum Gasteiger partial charge on any atom is -1.00 e. The second-order valence-corrected chi connectivity index (χ2v) is 2.40. The number of hydrogen-bond acceptors (Lipinski definition) is 2. The third kappa shape index (κ3) is 3.36. The van der Waals surface area contributed by atoms with Crippen LogP contribution in [0.4, 0.5) is 0 Å². The SMILES string of the molecule is [Br-].[Mg+2].[c-]1ccc(-c2cccnn2)cc1. The molecule has 0 N–H and O–H groups in total. The summed E-state index contributed by atoms with van der Waals surface area (Å²) in [4.78, 5) is 0. The van der Waals surface area contributed by atoms with Crippen molar-refractivity contribution in [2.45, 2.75) is 0 Å². The van der Waals surface area contributed by atoms with Crippen LogP contribution >= 0.6 is 0 Å². The van der Waals surface area contributed by atoms with Crippen LogP contribution in [0.5, 0.6) is 0 Å². The molecule has 0 fully saturated rings.